The Bertz CT molecular complexity index is 743. The number of Topliss-reactive ketones (excluding diaryl/α,β-unsaturated/α-hetero) is 1. The summed E-state index contributed by atoms with van der Waals surface area (Å²) < 4.78 is 5.74. The summed E-state index contributed by atoms with van der Waals surface area (Å²) in [6.07, 6.45) is 8.29. The average molecular weight is 354 g/mol. The van der Waals surface area contributed by atoms with E-state index in [1.807, 2.05) is 13.0 Å². The Kier molecular flexibility index (Phi) is 4.15. The molecule has 0 spiro atoms. The standard InChI is InChI=1S/C23H30O3/c1-5-26-13-15-11-16(24)12-20-14(2)10-17-18-6-7-21(25)22(18,3)9-8-19(17)23(15,20)4/h11-12,17-19H,2,5-10,13H2,1,3-4H3/t17-,18-,19-,22-,23+/m0/s1. The van der Waals surface area contributed by atoms with Crippen LogP contribution in [0.5, 0.6) is 0 Å². The largest absolute Gasteiger partial charge is 0.377 e. The van der Waals surface area contributed by atoms with Crippen molar-refractivity contribution in [3.8, 4) is 0 Å². The molecule has 0 N–H and O–H groups in total. The fraction of sp³-hybridized carbons (Fsp3) is 0.652. The Morgan fingerprint density at radius 2 is 1.96 bits per heavy atom. The second-order valence-electron chi connectivity index (χ2n) is 9.07. The first-order valence-corrected chi connectivity index (χ1v) is 10.1. The van der Waals surface area contributed by atoms with Crippen molar-refractivity contribution in [1.82, 2.24) is 0 Å². The summed E-state index contributed by atoms with van der Waals surface area (Å²) >= 11 is 0. The molecule has 140 valence electrons. The van der Waals surface area contributed by atoms with Crippen LogP contribution in [-0.2, 0) is 14.3 Å². The van der Waals surface area contributed by atoms with Crippen LogP contribution in [0.4, 0.5) is 0 Å². The van der Waals surface area contributed by atoms with Gasteiger partial charge >= 0.3 is 0 Å². The third-order valence-electron chi connectivity index (χ3n) is 8.04. The maximum Gasteiger partial charge on any atom is 0.179 e. The van der Waals surface area contributed by atoms with E-state index in [9.17, 15) is 9.59 Å². The molecule has 0 bridgehead atoms. The second-order valence-corrected chi connectivity index (χ2v) is 9.07. The van der Waals surface area contributed by atoms with E-state index in [0.29, 0.717) is 36.8 Å². The zero-order valence-corrected chi connectivity index (χ0v) is 16.3. The van der Waals surface area contributed by atoms with Gasteiger partial charge in [-0.25, -0.2) is 0 Å². The molecule has 0 aromatic carbocycles. The van der Waals surface area contributed by atoms with Gasteiger partial charge in [-0.2, -0.15) is 0 Å². The van der Waals surface area contributed by atoms with Gasteiger partial charge in [0.15, 0.2) is 5.78 Å². The van der Waals surface area contributed by atoms with E-state index < -0.39 is 0 Å². The quantitative estimate of drug-likeness (QED) is 0.753. The number of hydrogen-bond acceptors (Lipinski definition) is 3. The van der Waals surface area contributed by atoms with E-state index in [-0.39, 0.29) is 16.6 Å². The lowest BCUT2D eigenvalue weighted by molar-refractivity contribution is -0.131. The summed E-state index contributed by atoms with van der Waals surface area (Å²) in [5.74, 6) is 1.91. The van der Waals surface area contributed by atoms with Crippen LogP contribution in [0, 0.1) is 28.6 Å². The van der Waals surface area contributed by atoms with Gasteiger partial charge < -0.3 is 4.74 Å². The molecule has 0 aliphatic heterocycles. The Labute approximate surface area is 156 Å². The molecule has 4 rings (SSSR count). The van der Waals surface area contributed by atoms with Gasteiger partial charge in [0, 0.05) is 23.9 Å². The molecule has 3 nitrogen and oxygen atoms in total. The molecule has 3 saturated carbocycles. The predicted molar refractivity (Wildman–Crippen MR) is 102 cm³/mol. The van der Waals surface area contributed by atoms with Crippen molar-refractivity contribution in [3.05, 3.63) is 35.5 Å². The summed E-state index contributed by atoms with van der Waals surface area (Å²) in [6.45, 7) is 12.0. The van der Waals surface area contributed by atoms with Gasteiger partial charge in [-0.1, -0.05) is 26.0 Å². The van der Waals surface area contributed by atoms with Gasteiger partial charge in [-0.05, 0) is 73.7 Å². The third-order valence-corrected chi connectivity index (χ3v) is 8.04. The number of ketones is 2. The highest BCUT2D eigenvalue weighted by Gasteiger charge is 2.60. The predicted octanol–water partition coefficient (Wildman–Crippen LogP) is 4.44. The van der Waals surface area contributed by atoms with E-state index in [2.05, 4.69) is 20.4 Å². The highest BCUT2D eigenvalue weighted by molar-refractivity contribution is 6.02. The minimum Gasteiger partial charge on any atom is -0.377 e. The van der Waals surface area contributed by atoms with Crippen LogP contribution in [-0.4, -0.2) is 24.8 Å². The van der Waals surface area contributed by atoms with Crippen LogP contribution >= 0.6 is 0 Å². The van der Waals surface area contributed by atoms with Gasteiger partial charge in [0.25, 0.3) is 0 Å². The molecule has 0 unspecified atom stereocenters. The molecule has 3 fully saturated rings. The van der Waals surface area contributed by atoms with E-state index >= 15 is 0 Å². The van der Waals surface area contributed by atoms with Crippen LogP contribution in [0.25, 0.3) is 0 Å². The molecule has 3 heteroatoms. The number of fused-ring (bicyclic) bond motifs is 5. The van der Waals surface area contributed by atoms with Crippen molar-refractivity contribution in [2.24, 2.45) is 28.6 Å². The minimum absolute atomic E-state index is 0.0588. The number of hydrogen-bond donors (Lipinski definition) is 0. The van der Waals surface area contributed by atoms with E-state index in [1.165, 1.54) is 0 Å². The molecule has 4 aliphatic rings. The fourth-order valence-electron chi connectivity index (χ4n) is 6.59. The van der Waals surface area contributed by atoms with Crippen LogP contribution < -0.4 is 0 Å². The summed E-state index contributed by atoms with van der Waals surface area (Å²) in [7, 11) is 0. The average Bonchev–Trinajstić information content (AvgIpc) is 2.90. The second kappa shape index (κ2) is 6.02. The van der Waals surface area contributed by atoms with Gasteiger partial charge in [-0.15, -0.1) is 0 Å². The monoisotopic (exact) mass is 354 g/mol. The number of carbonyl (C=O) groups is 2. The SMILES string of the molecule is C=C1C[C@@H]2[C@H](CC[C@]3(C)C(=O)CC[C@@H]23)[C@@]2(C)C(COCC)=CC(=O)C=C12. The molecular weight excluding hydrogens is 324 g/mol. The van der Waals surface area contributed by atoms with Crippen molar-refractivity contribution in [1.29, 1.82) is 0 Å². The third kappa shape index (κ3) is 2.29. The molecule has 5 atom stereocenters. The van der Waals surface area contributed by atoms with Gasteiger partial charge in [0.05, 0.1) is 6.61 Å². The molecule has 4 aliphatic carbocycles. The molecule has 0 radical (unpaired) electrons. The molecule has 0 saturated heterocycles. The number of rotatable bonds is 3. The summed E-state index contributed by atoms with van der Waals surface area (Å²) in [5, 5.41) is 0. The maximum absolute atomic E-state index is 12.6. The van der Waals surface area contributed by atoms with Crippen LogP contribution in [0.3, 0.4) is 0 Å². The molecular formula is C23H30O3. The summed E-state index contributed by atoms with van der Waals surface area (Å²) in [4.78, 5) is 24.9. The van der Waals surface area contributed by atoms with Gasteiger partial charge in [-0.3, -0.25) is 9.59 Å². The van der Waals surface area contributed by atoms with Crippen LogP contribution in [0.1, 0.15) is 52.9 Å². The van der Waals surface area contributed by atoms with E-state index in [4.69, 9.17) is 4.74 Å². The lowest BCUT2D eigenvalue weighted by atomic mass is 9.46. The highest BCUT2D eigenvalue weighted by Crippen LogP contribution is 2.65. The highest BCUT2D eigenvalue weighted by atomic mass is 16.5. The maximum atomic E-state index is 12.6. The fourth-order valence-corrected chi connectivity index (χ4v) is 6.59. The summed E-state index contributed by atoms with van der Waals surface area (Å²) in [5.41, 5.74) is 2.98. The topological polar surface area (TPSA) is 43.4 Å². The number of allylic oxidation sites excluding steroid dienone is 4. The van der Waals surface area contributed by atoms with Crippen molar-refractivity contribution in [2.45, 2.75) is 52.9 Å². The molecule has 26 heavy (non-hydrogen) atoms. The Balaban J connectivity index is 1.77. The Morgan fingerprint density at radius 1 is 1.19 bits per heavy atom. The van der Waals surface area contributed by atoms with Gasteiger partial charge in [0.2, 0.25) is 0 Å². The first kappa shape index (κ1) is 17.9. The van der Waals surface area contributed by atoms with Crippen molar-refractivity contribution in [3.63, 3.8) is 0 Å². The first-order chi connectivity index (χ1) is 12.3. The van der Waals surface area contributed by atoms with Gasteiger partial charge in [0.1, 0.15) is 5.78 Å². The normalized spacial score (nSPS) is 42.0. The van der Waals surface area contributed by atoms with E-state index in [0.717, 1.165) is 48.8 Å². The minimum atomic E-state index is -0.184. The molecule has 0 aromatic heterocycles. The van der Waals surface area contributed by atoms with Crippen molar-refractivity contribution < 1.29 is 14.3 Å². The van der Waals surface area contributed by atoms with E-state index in [1.54, 1.807) is 6.08 Å². The Morgan fingerprint density at radius 3 is 2.69 bits per heavy atom. The van der Waals surface area contributed by atoms with Crippen molar-refractivity contribution in [2.75, 3.05) is 13.2 Å². The number of ether oxygens (including phenoxy) is 1. The smallest absolute Gasteiger partial charge is 0.179 e. The zero-order chi connectivity index (χ0) is 18.7. The Hall–Kier alpha value is -1.48. The number of carbonyl (C=O) groups excluding carboxylic acids is 2. The molecule has 0 amide bonds. The lowest BCUT2D eigenvalue weighted by Crippen LogP contribution is -2.52. The van der Waals surface area contributed by atoms with Crippen LogP contribution in [0.15, 0.2) is 35.5 Å². The molecule has 0 heterocycles. The summed E-state index contributed by atoms with van der Waals surface area (Å²) in [6, 6.07) is 0. The van der Waals surface area contributed by atoms with Crippen LogP contribution in [0.2, 0.25) is 0 Å². The van der Waals surface area contributed by atoms with Crippen molar-refractivity contribution >= 4 is 11.6 Å². The lowest BCUT2D eigenvalue weighted by Gasteiger charge is -2.57. The first-order valence-electron chi connectivity index (χ1n) is 10.1. The zero-order valence-electron chi connectivity index (χ0n) is 16.3. The molecule has 0 aromatic rings.